The van der Waals surface area contributed by atoms with Crippen molar-refractivity contribution < 1.29 is 9.59 Å². The third-order valence-electron chi connectivity index (χ3n) is 3.04. The van der Waals surface area contributed by atoms with Crippen LogP contribution in [0.25, 0.3) is 0 Å². The molecule has 0 aromatic rings. The number of nitrogens with zero attached hydrogens (tertiary/aromatic N) is 1. The van der Waals surface area contributed by atoms with E-state index in [1.165, 1.54) is 6.42 Å². The van der Waals surface area contributed by atoms with Crippen molar-refractivity contribution in [3.63, 3.8) is 0 Å². The van der Waals surface area contributed by atoms with Crippen molar-refractivity contribution in [2.24, 2.45) is 0 Å². The number of imide groups is 1. The molecule has 5 heteroatoms. The van der Waals surface area contributed by atoms with Crippen LogP contribution in [-0.4, -0.2) is 41.5 Å². The van der Waals surface area contributed by atoms with Gasteiger partial charge < -0.3 is 5.32 Å². The third-order valence-corrected chi connectivity index (χ3v) is 3.04. The fourth-order valence-corrected chi connectivity index (χ4v) is 2.06. The molecule has 0 unspecified atom stereocenters. The van der Waals surface area contributed by atoms with Gasteiger partial charge >= 0.3 is 6.03 Å². The number of hydrogen-bond donors (Lipinski definition) is 2. The van der Waals surface area contributed by atoms with Crippen molar-refractivity contribution in [2.75, 3.05) is 13.1 Å². The minimum Gasteiger partial charge on any atom is -0.333 e. The Morgan fingerprint density at radius 1 is 1.11 bits per heavy atom. The number of carbonyl (C=O) groups is 2. The maximum atomic E-state index is 11.9. The number of nitrogens with one attached hydrogen (secondary N) is 2. The lowest BCUT2D eigenvalue weighted by molar-refractivity contribution is -0.125. The number of urea groups is 1. The molecule has 0 saturated carbocycles. The average Bonchev–Trinajstić information content (AvgIpc) is 2.26. The van der Waals surface area contributed by atoms with Gasteiger partial charge in [0.2, 0.25) is 5.91 Å². The lowest BCUT2D eigenvalue weighted by atomic mass is 10.1. The van der Waals surface area contributed by atoms with E-state index in [-0.39, 0.29) is 17.5 Å². The Morgan fingerprint density at radius 3 is 2.17 bits per heavy atom. The summed E-state index contributed by atoms with van der Waals surface area (Å²) in [6, 6.07) is -0.660. The highest BCUT2D eigenvalue weighted by molar-refractivity contribution is 5.97. The molecule has 104 valence electrons. The van der Waals surface area contributed by atoms with Gasteiger partial charge in [0.1, 0.15) is 0 Å². The summed E-state index contributed by atoms with van der Waals surface area (Å²) in [7, 11) is 0. The lowest BCUT2D eigenvalue weighted by Crippen LogP contribution is -2.53. The lowest BCUT2D eigenvalue weighted by Gasteiger charge is -2.31. The third kappa shape index (κ3) is 5.04. The zero-order valence-corrected chi connectivity index (χ0v) is 11.9. The zero-order chi connectivity index (χ0) is 13.8. The quantitative estimate of drug-likeness (QED) is 0.786. The predicted octanol–water partition coefficient (Wildman–Crippen LogP) is 1.49. The SMILES string of the molecule is C[C@H](C(=O)NC(=O)NC(C)(C)C)N1CCCCC1. The molecular formula is C13H25N3O2. The summed E-state index contributed by atoms with van der Waals surface area (Å²) in [6.45, 7) is 9.37. The van der Waals surface area contributed by atoms with Gasteiger partial charge in [0.05, 0.1) is 6.04 Å². The van der Waals surface area contributed by atoms with E-state index in [2.05, 4.69) is 15.5 Å². The van der Waals surface area contributed by atoms with Crippen LogP contribution in [0.15, 0.2) is 0 Å². The number of likely N-dealkylation sites (tertiary alicyclic amines) is 1. The molecule has 2 N–H and O–H groups in total. The van der Waals surface area contributed by atoms with Gasteiger partial charge in [-0.1, -0.05) is 6.42 Å². The van der Waals surface area contributed by atoms with Gasteiger partial charge in [-0.05, 0) is 53.6 Å². The van der Waals surface area contributed by atoms with Crippen molar-refractivity contribution in [3.8, 4) is 0 Å². The molecule has 0 aromatic heterocycles. The van der Waals surface area contributed by atoms with E-state index in [0.717, 1.165) is 25.9 Å². The Kier molecular flexibility index (Phi) is 5.14. The zero-order valence-electron chi connectivity index (χ0n) is 11.9. The summed E-state index contributed by atoms with van der Waals surface area (Å²) in [5.41, 5.74) is -0.335. The summed E-state index contributed by atoms with van der Waals surface area (Å²) in [6.07, 6.45) is 3.49. The van der Waals surface area contributed by atoms with Crippen LogP contribution >= 0.6 is 0 Å². The second-order valence-corrected chi connectivity index (χ2v) is 5.97. The van der Waals surface area contributed by atoms with Crippen LogP contribution in [0, 0.1) is 0 Å². The molecule has 1 heterocycles. The second kappa shape index (κ2) is 6.18. The summed E-state index contributed by atoms with van der Waals surface area (Å²) in [4.78, 5) is 25.6. The van der Waals surface area contributed by atoms with E-state index < -0.39 is 6.03 Å². The van der Waals surface area contributed by atoms with Gasteiger partial charge in [0.25, 0.3) is 0 Å². The Hall–Kier alpha value is -1.10. The van der Waals surface area contributed by atoms with Crippen molar-refractivity contribution in [1.82, 2.24) is 15.5 Å². The molecule has 0 spiro atoms. The van der Waals surface area contributed by atoms with Crippen molar-refractivity contribution >= 4 is 11.9 Å². The van der Waals surface area contributed by atoms with E-state index in [1.54, 1.807) is 0 Å². The molecule has 1 rings (SSSR count). The molecule has 0 bridgehead atoms. The van der Waals surface area contributed by atoms with Crippen molar-refractivity contribution in [1.29, 1.82) is 0 Å². The number of piperidine rings is 1. The molecule has 1 fully saturated rings. The molecule has 0 aromatic carbocycles. The van der Waals surface area contributed by atoms with E-state index in [1.807, 2.05) is 27.7 Å². The Balaban J connectivity index is 2.41. The molecular weight excluding hydrogens is 230 g/mol. The van der Waals surface area contributed by atoms with E-state index in [4.69, 9.17) is 0 Å². The topological polar surface area (TPSA) is 61.4 Å². The average molecular weight is 255 g/mol. The van der Waals surface area contributed by atoms with Crippen LogP contribution in [0.2, 0.25) is 0 Å². The first kappa shape index (κ1) is 15.0. The maximum Gasteiger partial charge on any atom is 0.321 e. The highest BCUT2D eigenvalue weighted by Gasteiger charge is 2.25. The molecule has 1 saturated heterocycles. The van der Waals surface area contributed by atoms with Crippen LogP contribution in [0.1, 0.15) is 47.0 Å². The molecule has 0 aliphatic carbocycles. The summed E-state index contributed by atoms with van der Waals surface area (Å²) < 4.78 is 0. The van der Waals surface area contributed by atoms with Gasteiger partial charge in [0, 0.05) is 5.54 Å². The smallest absolute Gasteiger partial charge is 0.321 e. The van der Waals surface area contributed by atoms with Crippen molar-refractivity contribution in [2.45, 2.75) is 58.5 Å². The Bertz CT molecular complexity index is 304. The van der Waals surface area contributed by atoms with E-state index in [9.17, 15) is 9.59 Å². The molecule has 5 nitrogen and oxygen atoms in total. The highest BCUT2D eigenvalue weighted by atomic mass is 16.2. The second-order valence-electron chi connectivity index (χ2n) is 5.97. The first-order valence-corrected chi connectivity index (χ1v) is 6.66. The number of rotatable bonds is 2. The molecule has 1 aliphatic rings. The van der Waals surface area contributed by atoms with E-state index >= 15 is 0 Å². The molecule has 1 aliphatic heterocycles. The number of hydrogen-bond acceptors (Lipinski definition) is 3. The van der Waals surface area contributed by atoms with Gasteiger partial charge in [-0.3, -0.25) is 15.0 Å². The predicted molar refractivity (Wildman–Crippen MR) is 71.3 cm³/mol. The van der Waals surface area contributed by atoms with Gasteiger partial charge in [-0.25, -0.2) is 4.79 Å². The Morgan fingerprint density at radius 2 is 1.67 bits per heavy atom. The van der Waals surface area contributed by atoms with Crippen LogP contribution in [0.3, 0.4) is 0 Å². The van der Waals surface area contributed by atoms with Crippen LogP contribution in [0.5, 0.6) is 0 Å². The fraction of sp³-hybridized carbons (Fsp3) is 0.846. The first-order valence-electron chi connectivity index (χ1n) is 6.66. The van der Waals surface area contributed by atoms with Crippen LogP contribution < -0.4 is 10.6 Å². The maximum absolute atomic E-state index is 11.9. The minimum atomic E-state index is -0.420. The van der Waals surface area contributed by atoms with Gasteiger partial charge in [0.15, 0.2) is 0 Å². The molecule has 0 radical (unpaired) electrons. The highest BCUT2D eigenvalue weighted by Crippen LogP contribution is 2.11. The minimum absolute atomic E-state index is 0.223. The van der Waals surface area contributed by atoms with Crippen molar-refractivity contribution in [3.05, 3.63) is 0 Å². The number of carbonyl (C=O) groups excluding carboxylic acids is 2. The largest absolute Gasteiger partial charge is 0.333 e. The fourth-order valence-electron chi connectivity index (χ4n) is 2.06. The van der Waals surface area contributed by atoms with Gasteiger partial charge in [-0.2, -0.15) is 0 Å². The molecule has 3 amide bonds. The van der Waals surface area contributed by atoms with E-state index in [0.29, 0.717) is 0 Å². The summed E-state index contributed by atoms with van der Waals surface area (Å²) >= 11 is 0. The number of amides is 3. The molecule has 1 atom stereocenters. The first-order chi connectivity index (χ1) is 8.29. The summed E-state index contributed by atoms with van der Waals surface area (Å²) in [5.74, 6) is -0.223. The normalized spacial score (nSPS) is 19.1. The van der Waals surface area contributed by atoms with Gasteiger partial charge in [-0.15, -0.1) is 0 Å². The standard InChI is InChI=1S/C13H25N3O2/c1-10(16-8-6-5-7-9-16)11(17)14-12(18)15-13(2,3)4/h10H,5-9H2,1-4H3,(H2,14,15,17,18)/t10-/m1/s1. The Labute approximate surface area is 109 Å². The summed E-state index contributed by atoms with van der Waals surface area (Å²) in [5, 5.41) is 5.12. The van der Waals surface area contributed by atoms with Crippen LogP contribution in [0.4, 0.5) is 4.79 Å². The van der Waals surface area contributed by atoms with Crippen LogP contribution in [-0.2, 0) is 4.79 Å². The molecule has 18 heavy (non-hydrogen) atoms. The monoisotopic (exact) mass is 255 g/mol.